The molecule has 1 aliphatic rings. The standard InChI is InChI=1S/C7H11N3O3/c1-4(2)8-6(12)10-3-5(11)9-7(10)13/h4H,3H2,1-2H3,(H,8,12)(H,9,11,13). The first-order valence-electron chi connectivity index (χ1n) is 3.92. The van der Waals surface area contributed by atoms with Crippen molar-refractivity contribution in [3.8, 4) is 0 Å². The molecule has 0 atom stereocenters. The van der Waals surface area contributed by atoms with Crippen LogP contribution in [0.25, 0.3) is 0 Å². The van der Waals surface area contributed by atoms with Crippen LogP contribution in [0.4, 0.5) is 9.59 Å². The zero-order chi connectivity index (χ0) is 10.0. The average molecular weight is 185 g/mol. The molecule has 13 heavy (non-hydrogen) atoms. The average Bonchev–Trinajstić information content (AvgIpc) is 2.28. The summed E-state index contributed by atoms with van der Waals surface area (Å²) in [7, 11) is 0. The fourth-order valence-electron chi connectivity index (χ4n) is 0.931. The van der Waals surface area contributed by atoms with Crippen LogP contribution < -0.4 is 10.6 Å². The molecule has 5 amide bonds. The maximum absolute atomic E-state index is 11.2. The molecular weight excluding hydrogens is 174 g/mol. The van der Waals surface area contributed by atoms with Crippen molar-refractivity contribution in [2.24, 2.45) is 0 Å². The quantitative estimate of drug-likeness (QED) is 0.548. The summed E-state index contributed by atoms with van der Waals surface area (Å²) >= 11 is 0. The van der Waals surface area contributed by atoms with Crippen molar-refractivity contribution in [2.45, 2.75) is 19.9 Å². The summed E-state index contributed by atoms with van der Waals surface area (Å²) in [5, 5.41) is 4.52. The molecule has 72 valence electrons. The predicted octanol–water partition coefficient (Wildman–Crippen LogP) is -0.344. The lowest BCUT2D eigenvalue weighted by Gasteiger charge is -2.14. The molecule has 0 aromatic carbocycles. The largest absolute Gasteiger partial charge is 0.335 e. The molecule has 1 saturated heterocycles. The Morgan fingerprint density at radius 1 is 1.54 bits per heavy atom. The summed E-state index contributed by atoms with van der Waals surface area (Å²) in [6, 6.07) is -1.27. The molecule has 0 aromatic heterocycles. The van der Waals surface area contributed by atoms with Crippen molar-refractivity contribution in [1.29, 1.82) is 0 Å². The molecule has 0 radical (unpaired) electrons. The van der Waals surface area contributed by atoms with E-state index in [1.807, 2.05) is 5.32 Å². The lowest BCUT2D eigenvalue weighted by molar-refractivity contribution is -0.118. The molecule has 1 rings (SSSR count). The van der Waals surface area contributed by atoms with Crippen LogP contribution in [0.2, 0.25) is 0 Å². The van der Waals surface area contributed by atoms with E-state index >= 15 is 0 Å². The third-order valence-corrected chi connectivity index (χ3v) is 1.45. The van der Waals surface area contributed by atoms with Crippen LogP contribution in [0.1, 0.15) is 13.8 Å². The Balaban J connectivity index is 2.57. The Hall–Kier alpha value is -1.59. The van der Waals surface area contributed by atoms with Crippen LogP contribution in [0.5, 0.6) is 0 Å². The van der Waals surface area contributed by atoms with E-state index in [4.69, 9.17) is 0 Å². The van der Waals surface area contributed by atoms with Gasteiger partial charge in [-0.2, -0.15) is 0 Å². The maximum Gasteiger partial charge on any atom is 0.332 e. The smallest absolute Gasteiger partial charge is 0.332 e. The molecule has 2 N–H and O–H groups in total. The molecule has 1 heterocycles. The van der Waals surface area contributed by atoms with Gasteiger partial charge in [0.25, 0.3) is 0 Å². The highest BCUT2D eigenvalue weighted by Gasteiger charge is 2.31. The normalized spacial score (nSPS) is 16.4. The van der Waals surface area contributed by atoms with Crippen LogP contribution in [0.15, 0.2) is 0 Å². The second-order valence-corrected chi connectivity index (χ2v) is 3.04. The van der Waals surface area contributed by atoms with Gasteiger partial charge in [0.05, 0.1) is 0 Å². The van der Waals surface area contributed by atoms with Crippen LogP contribution in [0.3, 0.4) is 0 Å². The van der Waals surface area contributed by atoms with Crippen LogP contribution >= 0.6 is 0 Å². The van der Waals surface area contributed by atoms with Gasteiger partial charge in [-0.25, -0.2) is 14.5 Å². The van der Waals surface area contributed by atoms with Gasteiger partial charge < -0.3 is 5.32 Å². The number of hydrogen-bond donors (Lipinski definition) is 2. The first-order chi connectivity index (χ1) is 6.00. The Kier molecular flexibility index (Phi) is 2.50. The van der Waals surface area contributed by atoms with E-state index in [-0.39, 0.29) is 12.6 Å². The highest BCUT2D eigenvalue weighted by molar-refractivity contribution is 6.09. The molecule has 0 saturated carbocycles. The van der Waals surface area contributed by atoms with Crippen molar-refractivity contribution in [1.82, 2.24) is 15.5 Å². The van der Waals surface area contributed by atoms with Gasteiger partial charge in [-0.3, -0.25) is 10.1 Å². The van der Waals surface area contributed by atoms with E-state index in [1.54, 1.807) is 13.8 Å². The van der Waals surface area contributed by atoms with Gasteiger partial charge in [-0.1, -0.05) is 0 Å². The number of carbonyl (C=O) groups excluding carboxylic acids is 3. The first-order valence-corrected chi connectivity index (χ1v) is 3.92. The molecule has 0 unspecified atom stereocenters. The maximum atomic E-state index is 11.2. The molecule has 0 aliphatic carbocycles. The fraction of sp³-hybridized carbons (Fsp3) is 0.571. The van der Waals surface area contributed by atoms with Crippen LogP contribution in [-0.2, 0) is 4.79 Å². The topological polar surface area (TPSA) is 78.5 Å². The number of nitrogens with one attached hydrogen (secondary N) is 2. The lowest BCUT2D eigenvalue weighted by Crippen LogP contribution is -2.44. The summed E-state index contributed by atoms with van der Waals surface area (Å²) in [6.45, 7) is 3.35. The fourth-order valence-corrected chi connectivity index (χ4v) is 0.931. The van der Waals surface area contributed by atoms with Crippen LogP contribution in [0, 0.1) is 0 Å². The predicted molar refractivity (Wildman–Crippen MR) is 43.9 cm³/mol. The number of urea groups is 2. The SMILES string of the molecule is CC(C)NC(=O)N1CC(=O)NC1=O. The highest BCUT2D eigenvalue weighted by Crippen LogP contribution is 1.98. The molecule has 6 nitrogen and oxygen atoms in total. The van der Waals surface area contributed by atoms with Crippen LogP contribution in [-0.4, -0.2) is 35.5 Å². The van der Waals surface area contributed by atoms with E-state index in [1.165, 1.54) is 0 Å². The third kappa shape index (κ3) is 2.17. The number of amides is 5. The van der Waals surface area contributed by atoms with Crippen molar-refractivity contribution in [3.63, 3.8) is 0 Å². The van der Waals surface area contributed by atoms with Crippen molar-refractivity contribution < 1.29 is 14.4 Å². The van der Waals surface area contributed by atoms with E-state index in [9.17, 15) is 14.4 Å². The van der Waals surface area contributed by atoms with Gasteiger partial charge in [-0.05, 0) is 13.8 Å². The highest BCUT2D eigenvalue weighted by atomic mass is 16.2. The molecule has 0 spiro atoms. The van der Waals surface area contributed by atoms with Gasteiger partial charge in [0.15, 0.2) is 0 Å². The number of rotatable bonds is 1. The zero-order valence-corrected chi connectivity index (χ0v) is 7.46. The van der Waals surface area contributed by atoms with Gasteiger partial charge >= 0.3 is 12.1 Å². The van der Waals surface area contributed by atoms with Gasteiger partial charge in [0.1, 0.15) is 6.54 Å². The number of imide groups is 2. The Bertz CT molecular complexity index is 262. The summed E-state index contributed by atoms with van der Waals surface area (Å²) < 4.78 is 0. The van der Waals surface area contributed by atoms with E-state index in [2.05, 4.69) is 5.32 Å². The molecule has 1 fully saturated rings. The Morgan fingerprint density at radius 3 is 2.54 bits per heavy atom. The summed E-state index contributed by atoms with van der Waals surface area (Å²) in [5.41, 5.74) is 0. The van der Waals surface area contributed by atoms with E-state index < -0.39 is 18.0 Å². The van der Waals surface area contributed by atoms with Gasteiger partial charge in [0.2, 0.25) is 5.91 Å². The summed E-state index contributed by atoms with van der Waals surface area (Å²) in [6.07, 6.45) is 0. The van der Waals surface area contributed by atoms with Gasteiger partial charge in [-0.15, -0.1) is 0 Å². The van der Waals surface area contributed by atoms with Gasteiger partial charge in [0, 0.05) is 6.04 Å². The lowest BCUT2D eigenvalue weighted by atomic mass is 10.4. The number of nitrogens with zero attached hydrogens (tertiary/aromatic N) is 1. The minimum absolute atomic E-state index is 0.0593. The molecule has 0 bridgehead atoms. The molecule has 6 heteroatoms. The Morgan fingerprint density at radius 2 is 2.15 bits per heavy atom. The minimum atomic E-state index is -0.664. The van der Waals surface area contributed by atoms with E-state index in [0.29, 0.717) is 0 Å². The summed E-state index contributed by atoms with van der Waals surface area (Å²) in [5.74, 6) is -0.455. The first kappa shape index (κ1) is 9.50. The monoisotopic (exact) mass is 185 g/mol. The van der Waals surface area contributed by atoms with Crippen molar-refractivity contribution in [2.75, 3.05) is 6.54 Å². The number of carbonyl (C=O) groups is 3. The molecule has 1 aliphatic heterocycles. The van der Waals surface area contributed by atoms with Crippen molar-refractivity contribution >= 4 is 18.0 Å². The second kappa shape index (κ2) is 3.42. The Labute approximate surface area is 75.3 Å². The van der Waals surface area contributed by atoms with Crippen molar-refractivity contribution in [3.05, 3.63) is 0 Å². The summed E-state index contributed by atoms with van der Waals surface area (Å²) in [4.78, 5) is 33.7. The number of hydrogen-bond acceptors (Lipinski definition) is 3. The second-order valence-electron chi connectivity index (χ2n) is 3.04. The molecule has 0 aromatic rings. The third-order valence-electron chi connectivity index (χ3n) is 1.45. The molecular formula is C7H11N3O3. The zero-order valence-electron chi connectivity index (χ0n) is 7.46. The van der Waals surface area contributed by atoms with E-state index in [0.717, 1.165) is 4.90 Å². The minimum Gasteiger partial charge on any atom is -0.335 e.